The van der Waals surface area contributed by atoms with Crippen molar-refractivity contribution in [1.82, 2.24) is 9.73 Å². The van der Waals surface area contributed by atoms with Crippen LogP contribution in [0.2, 0.25) is 5.02 Å². The van der Waals surface area contributed by atoms with Crippen LogP contribution in [0.25, 0.3) is 0 Å². The van der Waals surface area contributed by atoms with E-state index in [0.717, 1.165) is 16.3 Å². The van der Waals surface area contributed by atoms with Gasteiger partial charge < -0.3 is 0 Å². The number of rotatable bonds is 7. The normalized spacial score (nSPS) is 11.8. The molecular weight excluding hydrogens is 374 g/mol. The summed E-state index contributed by atoms with van der Waals surface area (Å²) >= 11 is 5.76. The van der Waals surface area contributed by atoms with Crippen LogP contribution < -0.4 is 5.43 Å². The summed E-state index contributed by atoms with van der Waals surface area (Å²) in [5.41, 5.74) is 4.37. The Morgan fingerprint density at radius 1 is 1.15 bits per heavy atom. The van der Waals surface area contributed by atoms with Gasteiger partial charge in [0, 0.05) is 12.1 Å². The van der Waals surface area contributed by atoms with Crippen molar-refractivity contribution in [2.24, 2.45) is 5.10 Å². The lowest BCUT2D eigenvalue weighted by atomic mass is 10.1. The van der Waals surface area contributed by atoms with Gasteiger partial charge in [-0.15, -0.1) is 0 Å². The van der Waals surface area contributed by atoms with Gasteiger partial charge >= 0.3 is 0 Å². The van der Waals surface area contributed by atoms with Crippen LogP contribution in [0.4, 0.5) is 0 Å². The minimum Gasteiger partial charge on any atom is -0.272 e. The van der Waals surface area contributed by atoms with E-state index >= 15 is 0 Å². The Labute approximate surface area is 158 Å². The van der Waals surface area contributed by atoms with Gasteiger partial charge in [0.05, 0.1) is 17.7 Å². The van der Waals surface area contributed by atoms with E-state index < -0.39 is 15.9 Å². The van der Waals surface area contributed by atoms with Crippen molar-refractivity contribution in [3.8, 4) is 0 Å². The number of hydrogen-bond donors (Lipinski definition) is 1. The molecule has 0 aliphatic heterocycles. The maximum absolute atomic E-state index is 12.4. The van der Waals surface area contributed by atoms with E-state index in [-0.39, 0.29) is 11.4 Å². The number of likely N-dealkylation sites (N-methyl/N-ethyl adjacent to an activating group) is 1. The van der Waals surface area contributed by atoms with Crippen molar-refractivity contribution < 1.29 is 13.2 Å². The van der Waals surface area contributed by atoms with Crippen molar-refractivity contribution in [2.75, 3.05) is 13.6 Å². The summed E-state index contributed by atoms with van der Waals surface area (Å²) in [7, 11) is -2.44. The van der Waals surface area contributed by atoms with Gasteiger partial charge in [-0.1, -0.05) is 42.8 Å². The standard InChI is InChI=1S/C18H20ClN3O3S/c1-3-14-4-6-15(7-5-14)12-20-21-18(23)13-22(2)26(24,25)17-10-8-16(19)9-11-17/h4-12H,3,13H2,1-2H3,(H,21,23)/b20-12-. The Kier molecular flexibility index (Phi) is 6.90. The lowest BCUT2D eigenvalue weighted by molar-refractivity contribution is -0.121. The maximum Gasteiger partial charge on any atom is 0.255 e. The molecule has 6 nitrogen and oxygen atoms in total. The van der Waals surface area contributed by atoms with Gasteiger partial charge in [0.25, 0.3) is 5.91 Å². The highest BCUT2D eigenvalue weighted by atomic mass is 35.5. The average Bonchev–Trinajstić information content (AvgIpc) is 2.62. The molecule has 8 heteroatoms. The van der Waals surface area contributed by atoms with E-state index in [1.165, 1.54) is 43.1 Å². The minimum atomic E-state index is -3.77. The molecule has 2 aromatic rings. The molecule has 0 aromatic heterocycles. The van der Waals surface area contributed by atoms with Crippen molar-refractivity contribution in [2.45, 2.75) is 18.2 Å². The van der Waals surface area contributed by atoms with E-state index in [1.807, 2.05) is 24.3 Å². The highest BCUT2D eigenvalue weighted by molar-refractivity contribution is 7.89. The first-order valence-electron chi connectivity index (χ1n) is 7.95. The minimum absolute atomic E-state index is 0.0664. The fraction of sp³-hybridized carbons (Fsp3) is 0.222. The fourth-order valence-electron chi connectivity index (χ4n) is 2.13. The highest BCUT2D eigenvalue weighted by Gasteiger charge is 2.22. The number of carbonyl (C=O) groups is 1. The molecule has 1 amide bonds. The van der Waals surface area contributed by atoms with Crippen LogP contribution in [0.3, 0.4) is 0 Å². The van der Waals surface area contributed by atoms with Crippen LogP contribution in [0.5, 0.6) is 0 Å². The number of hydrogen-bond acceptors (Lipinski definition) is 4. The molecule has 138 valence electrons. The smallest absolute Gasteiger partial charge is 0.255 e. The molecule has 26 heavy (non-hydrogen) atoms. The van der Waals surface area contributed by atoms with Crippen LogP contribution in [0.1, 0.15) is 18.1 Å². The van der Waals surface area contributed by atoms with Gasteiger partial charge in [-0.3, -0.25) is 4.79 Å². The van der Waals surface area contributed by atoms with Gasteiger partial charge in [0.15, 0.2) is 0 Å². The molecule has 0 unspecified atom stereocenters. The van der Waals surface area contributed by atoms with Crippen molar-refractivity contribution in [3.05, 3.63) is 64.7 Å². The zero-order chi connectivity index (χ0) is 19.2. The third-order valence-corrected chi connectivity index (χ3v) is 5.75. The predicted molar refractivity (Wildman–Crippen MR) is 103 cm³/mol. The molecule has 2 aromatic carbocycles. The maximum atomic E-state index is 12.4. The van der Waals surface area contributed by atoms with Gasteiger partial charge in [0.1, 0.15) is 0 Å². The van der Waals surface area contributed by atoms with Crippen LogP contribution in [-0.4, -0.2) is 38.4 Å². The first-order chi connectivity index (χ1) is 12.3. The first-order valence-corrected chi connectivity index (χ1v) is 9.77. The van der Waals surface area contributed by atoms with E-state index in [9.17, 15) is 13.2 Å². The highest BCUT2D eigenvalue weighted by Crippen LogP contribution is 2.17. The second-order valence-corrected chi connectivity index (χ2v) is 8.08. The number of sulfonamides is 1. The lowest BCUT2D eigenvalue weighted by Gasteiger charge is -2.16. The number of hydrazone groups is 1. The largest absolute Gasteiger partial charge is 0.272 e. The molecule has 1 N–H and O–H groups in total. The summed E-state index contributed by atoms with van der Waals surface area (Å²) in [6.07, 6.45) is 2.45. The second kappa shape index (κ2) is 8.93. The van der Waals surface area contributed by atoms with Crippen LogP contribution in [-0.2, 0) is 21.2 Å². The molecule has 2 rings (SSSR count). The molecule has 0 atom stereocenters. The number of benzene rings is 2. The quantitative estimate of drug-likeness (QED) is 0.580. The summed E-state index contributed by atoms with van der Waals surface area (Å²) < 4.78 is 25.8. The molecule has 0 spiro atoms. The number of halogens is 1. The van der Waals surface area contributed by atoms with Crippen molar-refractivity contribution >= 4 is 33.7 Å². The average molecular weight is 394 g/mol. The number of nitrogens with one attached hydrogen (secondary N) is 1. The van der Waals surface area contributed by atoms with Gasteiger partial charge in [-0.2, -0.15) is 9.41 Å². The van der Waals surface area contributed by atoms with Gasteiger partial charge in [-0.05, 0) is 41.8 Å². The molecule has 0 saturated carbocycles. The molecule has 0 radical (unpaired) electrons. The van der Waals surface area contributed by atoms with E-state index in [2.05, 4.69) is 17.5 Å². The fourth-order valence-corrected chi connectivity index (χ4v) is 3.38. The van der Waals surface area contributed by atoms with E-state index in [0.29, 0.717) is 5.02 Å². The number of nitrogens with zero attached hydrogens (tertiary/aromatic N) is 2. The van der Waals surface area contributed by atoms with Gasteiger partial charge in [0.2, 0.25) is 10.0 Å². The molecular formula is C18H20ClN3O3S. The van der Waals surface area contributed by atoms with Gasteiger partial charge in [-0.25, -0.2) is 13.8 Å². The second-order valence-electron chi connectivity index (χ2n) is 5.60. The molecule has 0 heterocycles. The predicted octanol–water partition coefficient (Wildman–Crippen LogP) is 2.67. The Hall–Kier alpha value is -2.22. The summed E-state index contributed by atoms with van der Waals surface area (Å²) in [5, 5.41) is 4.29. The number of aryl methyl sites for hydroxylation is 1. The van der Waals surface area contributed by atoms with E-state index in [4.69, 9.17) is 11.6 Å². The Morgan fingerprint density at radius 3 is 2.35 bits per heavy atom. The molecule has 0 aliphatic carbocycles. The van der Waals surface area contributed by atoms with Crippen molar-refractivity contribution in [1.29, 1.82) is 0 Å². The third-order valence-electron chi connectivity index (χ3n) is 3.68. The lowest BCUT2D eigenvalue weighted by Crippen LogP contribution is -2.36. The first kappa shape index (κ1) is 20.1. The monoisotopic (exact) mass is 393 g/mol. The summed E-state index contributed by atoms with van der Waals surface area (Å²) in [6.45, 7) is 1.72. The zero-order valence-corrected chi connectivity index (χ0v) is 16.1. The molecule has 0 fully saturated rings. The Morgan fingerprint density at radius 2 is 1.77 bits per heavy atom. The summed E-state index contributed by atoms with van der Waals surface area (Å²) in [5.74, 6) is -0.536. The number of carbonyl (C=O) groups excluding carboxylic acids is 1. The van der Waals surface area contributed by atoms with Crippen LogP contribution in [0, 0.1) is 0 Å². The van der Waals surface area contributed by atoms with Crippen LogP contribution in [0.15, 0.2) is 58.5 Å². The molecule has 0 bridgehead atoms. The van der Waals surface area contributed by atoms with Crippen molar-refractivity contribution in [3.63, 3.8) is 0 Å². The zero-order valence-electron chi connectivity index (χ0n) is 14.5. The topological polar surface area (TPSA) is 78.8 Å². The summed E-state index contributed by atoms with van der Waals surface area (Å²) in [4.78, 5) is 12.0. The molecule has 0 saturated heterocycles. The van der Waals surface area contributed by atoms with Crippen LogP contribution >= 0.6 is 11.6 Å². The number of amides is 1. The summed E-state index contributed by atoms with van der Waals surface area (Å²) in [6, 6.07) is 13.5. The molecule has 0 aliphatic rings. The Balaban J connectivity index is 1.93. The third kappa shape index (κ3) is 5.39. The SMILES string of the molecule is CCc1ccc(/C=N\NC(=O)CN(C)S(=O)(=O)c2ccc(Cl)cc2)cc1. The van der Waals surface area contributed by atoms with E-state index in [1.54, 1.807) is 0 Å². The Bertz CT molecular complexity index is 879.